The predicted octanol–water partition coefficient (Wildman–Crippen LogP) is 2.78. The number of hydrogen-bond acceptors (Lipinski definition) is 1. The van der Waals surface area contributed by atoms with E-state index in [1.165, 1.54) is 6.92 Å². The lowest BCUT2D eigenvalue weighted by Gasteiger charge is -2.23. The van der Waals surface area contributed by atoms with Crippen molar-refractivity contribution in [1.82, 2.24) is 5.32 Å². The van der Waals surface area contributed by atoms with Crippen LogP contribution in [0.3, 0.4) is 0 Å². The number of aryl methyl sites for hydroxylation is 1. The molecule has 0 aliphatic carbocycles. The van der Waals surface area contributed by atoms with Crippen LogP contribution in [0.15, 0.2) is 24.3 Å². The van der Waals surface area contributed by atoms with Gasteiger partial charge in [-0.15, -0.1) is 0 Å². The number of halogens is 2. The number of hydrogen-bond donors (Lipinski definition) is 1. The smallest absolute Gasteiger partial charge is 0.266 e. The van der Waals surface area contributed by atoms with Crippen LogP contribution < -0.4 is 5.32 Å². The molecule has 0 radical (unpaired) electrons. The standard InChI is InChI=1S/C12H17F2N/c1-9-6-4-5-7-11(9)8-12(13,14)10(2)15-3/h4-7,10,15H,8H2,1-3H3. The van der Waals surface area contributed by atoms with E-state index in [9.17, 15) is 8.78 Å². The fraction of sp³-hybridized carbons (Fsp3) is 0.500. The van der Waals surface area contributed by atoms with Crippen molar-refractivity contribution >= 4 is 0 Å². The van der Waals surface area contributed by atoms with Crippen LogP contribution in [0.1, 0.15) is 18.1 Å². The molecule has 0 spiro atoms. The highest BCUT2D eigenvalue weighted by atomic mass is 19.3. The Balaban J connectivity index is 2.81. The Morgan fingerprint density at radius 1 is 1.33 bits per heavy atom. The van der Waals surface area contributed by atoms with E-state index >= 15 is 0 Å². The highest BCUT2D eigenvalue weighted by molar-refractivity contribution is 5.26. The van der Waals surface area contributed by atoms with Crippen molar-refractivity contribution < 1.29 is 8.78 Å². The predicted molar refractivity (Wildman–Crippen MR) is 58.4 cm³/mol. The zero-order valence-electron chi connectivity index (χ0n) is 9.35. The van der Waals surface area contributed by atoms with E-state index in [4.69, 9.17) is 0 Å². The molecule has 0 saturated heterocycles. The summed E-state index contributed by atoms with van der Waals surface area (Å²) in [5.74, 6) is -2.71. The quantitative estimate of drug-likeness (QED) is 0.811. The Hall–Kier alpha value is -0.960. The lowest BCUT2D eigenvalue weighted by atomic mass is 9.98. The molecule has 84 valence electrons. The topological polar surface area (TPSA) is 12.0 Å². The molecule has 15 heavy (non-hydrogen) atoms. The monoisotopic (exact) mass is 213 g/mol. The first kappa shape index (κ1) is 12.1. The van der Waals surface area contributed by atoms with E-state index in [2.05, 4.69) is 5.32 Å². The minimum atomic E-state index is -2.71. The minimum absolute atomic E-state index is 0.207. The second kappa shape index (κ2) is 4.71. The maximum Gasteiger partial charge on any atom is 0.266 e. The van der Waals surface area contributed by atoms with Gasteiger partial charge in [-0.2, -0.15) is 0 Å². The van der Waals surface area contributed by atoms with Crippen LogP contribution in [0.2, 0.25) is 0 Å². The van der Waals surface area contributed by atoms with Gasteiger partial charge in [0.1, 0.15) is 0 Å². The molecule has 1 aromatic carbocycles. The molecule has 0 bridgehead atoms. The average molecular weight is 213 g/mol. The molecule has 1 atom stereocenters. The highest BCUT2D eigenvalue weighted by Crippen LogP contribution is 2.25. The van der Waals surface area contributed by atoms with Crippen molar-refractivity contribution in [3.05, 3.63) is 35.4 Å². The van der Waals surface area contributed by atoms with Gasteiger partial charge in [0.15, 0.2) is 0 Å². The fourth-order valence-electron chi connectivity index (χ4n) is 1.43. The molecule has 1 N–H and O–H groups in total. The SMILES string of the molecule is CNC(C)C(F)(F)Cc1ccccc1C. The van der Waals surface area contributed by atoms with Gasteiger partial charge in [0.05, 0.1) is 6.04 Å². The van der Waals surface area contributed by atoms with Crippen LogP contribution >= 0.6 is 0 Å². The van der Waals surface area contributed by atoms with E-state index in [-0.39, 0.29) is 6.42 Å². The second-order valence-electron chi connectivity index (χ2n) is 3.87. The molecular weight excluding hydrogens is 196 g/mol. The number of alkyl halides is 2. The molecule has 0 heterocycles. The molecule has 3 heteroatoms. The van der Waals surface area contributed by atoms with Gasteiger partial charge in [0, 0.05) is 6.42 Å². The average Bonchev–Trinajstić information content (AvgIpc) is 2.20. The lowest BCUT2D eigenvalue weighted by molar-refractivity contribution is -0.0286. The third-order valence-electron chi connectivity index (χ3n) is 2.75. The molecule has 1 rings (SSSR count). The van der Waals surface area contributed by atoms with Crippen LogP contribution in [-0.4, -0.2) is 19.0 Å². The van der Waals surface area contributed by atoms with Gasteiger partial charge in [-0.25, -0.2) is 8.78 Å². The van der Waals surface area contributed by atoms with Crippen molar-refractivity contribution in [2.24, 2.45) is 0 Å². The summed E-state index contributed by atoms with van der Waals surface area (Å²) in [6, 6.07) is 6.46. The fourth-order valence-corrected chi connectivity index (χ4v) is 1.43. The van der Waals surface area contributed by atoms with Gasteiger partial charge in [-0.1, -0.05) is 24.3 Å². The summed E-state index contributed by atoms with van der Waals surface area (Å²) < 4.78 is 27.2. The summed E-state index contributed by atoms with van der Waals surface area (Å²) in [5.41, 5.74) is 1.63. The second-order valence-corrected chi connectivity index (χ2v) is 3.87. The zero-order chi connectivity index (χ0) is 11.5. The molecule has 0 saturated carbocycles. The van der Waals surface area contributed by atoms with E-state index < -0.39 is 12.0 Å². The van der Waals surface area contributed by atoms with Gasteiger partial charge in [-0.3, -0.25) is 0 Å². The molecule has 1 aromatic rings. The van der Waals surface area contributed by atoms with Gasteiger partial charge < -0.3 is 5.32 Å². The zero-order valence-corrected chi connectivity index (χ0v) is 9.35. The third-order valence-corrected chi connectivity index (χ3v) is 2.75. The third kappa shape index (κ3) is 2.99. The molecule has 1 unspecified atom stereocenters. The van der Waals surface area contributed by atoms with Gasteiger partial charge in [0.25, 0.3) is 5.92 Å². The van der Waals surface area contributed by atoms with E-state index in [1.54, 1.807) is 19.2 Å². The van der Waals surface area contributed by atoms with Gasteiger partial charge >= 0.3 is 0 Å². The molecule has 0 amide bonds. The molecule has 0 aliphatic heterocycles. The van der Waals surface area contributed by atoms with Crippen molar-refractivity contribution in [2.75, 3.05) is 7.05 Å². The number of benzene rings is 1. The van der Waals surface area contributed by atoms with E-state index in [0.717, 1.165) is 5.56 Å². The van der Waals surface area contributed by atoms with Crippen LogP contribution in [0.5, 0.6) is 0 Å². The number of nitrogens with one attached hydrogen (secondary N) is 1. The van der Waals surface area contributed by atoms with E-state index in [0.29, 0.717) is 5.56 Å². The molecule has 1 nitrogen and oxygen atoms in total. The van der Waals surface area contributed by atoms with E-state index in [1.807, 2.05) is 19.1 Å². The lowest BCUT2D eigenvalue weighted by Crippen LogP contribution is -2.42. The van der Waals surface area contributed by atoms with Crippen LogP contribution in [0, 0.1) is 6.92 Å². The highest BCUT2D eigenvalue weighted by Gasteiger charge is 2.35. The Morgan fingerprint density at radius 3 is 2.47 bits per heavy atom. The Bertz CT molecular complexity index is 323. The first-order chi connectivity index (χ1) is 6.97. The first-order valence-corrected chi connectivity index (χ1v) is 5.07. The summed E-state index contributed by atoms with van der Waals surface area (Å²) in [7, 11) is 1.55. The summed E-state index contributed by atoms with van der Waals surface area (Å²) in [4.78, 5) is 0. The molecule has 0 fully saturated rings. The van der Waals surface area contributed by atoms with Crippen molar-refractivity contribution in [1.29, 1.82) is 0 Å². The number of rotatable bonds is 4. The largest absolute Gasteiger partial charge is 0.312 e. The van der Waals surface area contributed by atoms with Crippen LogP contribution in [0.25, 0.3) is 0 Å². The van der Waals surface area contributed by atoms with Crippen LogP contribution in [0.4, 0.5) is 8.78 Å². The molecular formula is C12H17F2N. The maximum atomic E-state index is 13.6. The summed E-state index contributed by atoms with van der Waals surface area (Å²) >= 11 is 0. The van der Waals surface area contributed by atoms with Crippen LogP contribution in [-0.2, 0) is 6.42 Å². The summed E-state index contributed by atoms with van der Waals surface area (Å²) in [5, 5.41) is 2.59. The maximum absolute atomic E-state index is 13.6. The summed E-state index contributed by atoms with van der Waals surface area (Å²) in [6.45, 7) is 3.35. The Morgan fingerprint density at radius 2 is 1.93 bits per heavy atom. The molecule has 0 aliphatic rings. The molecule has 0 aromatic heterocycles. The minimum Gasteiger partial charge on any atom is -0.312 e. The van der Waals surface area contributed by atoms with Crippen molar-refractivity contribution in [3.8, 4) is 0 Å². The van der Waals surface area contributed by atoms with Gasteiger partial charge in [0.2, 0.25) is 0 Å². The Kier molecular flexibility index (Phi) is 3.80. The normalized spacial score (nSPS) is 13.9. The van der Waals surface area contributed by atoms with Crippen molar-refractivity contribution in [3.63, 3.8) is 0 Å². The summed E-state index contributed by atoms with van der Waals surface area (Å²) in [6.07, 6.45) is -0.207. The first-order valence-electron chi connectivity index (χ1n) is 5.07. The Labute approximate surface area is 89.5 Å². The van der Waals surface area contributed by atoms with Crippen molar-refractivity contribution in [2.45, 2.75) is 32.2 Å². The van der Waals surface area contributed by atoms with Gasteiger partial charge in [-0.05, 0) is 32.0 Å².